The first-order chi connectivity index (χ1) is 9.98. The van der Waals surface area contributed by atoms with Gasteiger partial charge in [0.05, 0.1) is 15.9 Å². The number of likely N-dealkylation sites (tertiary alicyclic amines) is 1. The fourth-order valence-corrected chi connectivity index (χ4v) is 3.30. The summed E-state index contributed by atoms with van der Waals surface area (Å²) < 4.78 is 0. The van der Waals surface area contributed by atoms with E-state index < -0.39 is 5.54 Å². The molecule has 2 saturated heterocycles. The number of rotatable bonds is 2. The molecule has 2 aliphatic heterocycles. The average molecular weight is 326 g/mol. The second kappa shape index (κ2) is 5.52. The minimum absolute atomic E-state index is 0.0432. The standard InChI is InChI=1S/C15H17Cl2N3O/c1-10-18-14(21)15(19-10)4-6-20(7-5-15)9-11-2-3-12(16)13(17)8-11/h2-3,8,19H,1,4-7,9H2,(H,18,21). The molecule has 6 heteroatoms. The second-order valence-electron chi connectivity index (χ2n) is 5.66. The normalized spacial score (nSPS) is 21.4. The highest BCUT2D eigenvalue weighted by Gasteiger charge is 2.45. The van der Waals surface area contributed by atoms with Crippen molar-refractivity contribution in [3.05, 3.63) is 46.2 Å². The number of nitrogens with zero attached hydrogens (tertiary/aromatic N) is 1. The van der Waals surface area contributed by atoms with Gasteiger partial charge in [-0.25, -0.2) is 0 Å². The molecule has 2 aliphatic rings. The van der Waals surface area contributed by atoms with Crippen molar-refractivity contribution in [2.75, 3.05) is 13.1 Å². The van der Waals surface area contributed by atoms with Gasteiger partial charge in [0.15, 0.2) is 0 Å². The molecule has 2 N–H and O–H groups in total. The SMILES string of the molecule is C=C1NC(=O)C2(CCN(Cc3ccc(Cl)c(Cl)c3)CC2)N1. The van der Waals surface area contributed by atoms with Crippen LogP contribution in [0.3, 0.4) is 0 Å². The van der Waals surface area contributed by atoms with Crippen molar-refractivity contribution in [3.63, 3.8) is 0 Å². The Morgan fingerprint density at radius 1 is 1.24 bits per heavy atom. The van der Waals surface area contributed by atoms with Gasteiger partial charge >= 0.3 is 0 Å². The van der Waals surface area contributed by atoms with Gasteiger partial charge in [-0.1, -0.05) is 35.8 Å². The molecule has 0 atom stereocenters. The summed E-state index contributed by atoms with van der Waals surface area (Å²) in [4.78, 5) is 14.3. The molecule has 1 amide bonds. The van der Waals surface area contributed by atoms with Gasteiger partial charge in [0.1, 0.15) is 5.54 Å². The van der Waals surface area contributed by atoms with E-state index in [2.05, 4.69) is 22.1 Å². The van der Waals surface area contributed by atoms with Crippen molar-refractivity contribution >= 4 is 29.1 Å². The number of hydrogen-bond acceptors (Lipinski definition) is 3. The molecule has 0 radical (unpaired) electrons. The van der Waals surface area contributed by atoms with Crippen molar-refractivity contribution < 1.29 is 4.79 Å². The predicted octanol–water partition coefficient (Wildman–Crippen LogP) is 2.52. The zero-order chi connectivity index (χ0) is 15.0. The molecule has 112 valence electrons. The Hall–Kier alpha value is -1.23. The van der Waals surface area contributed by atoms with Crippen molar-refractivity contribution in [1.82, 2.24) is 15.5 Å². The predicted molar refractivity (Wildman–Crippen MR) is 84.1 cm³/mol. The highest BCUT2D eigenvalue weighted by atomic mass is 35.5. The summed E-state index contributed by atoms with van der Waals surface area (Å²) in [6.45, 7) is 6.30. The summed E-state index contributed by atoms with van der Waals surface area (Å²) in [6, 6.07) is 5.71. The monoisotopic (exact) mass is 325 g/mol. The van der Waals surface area contributed by atoms with Gasteiger partial charge in [-0.15, -0.1) is 0 Å². The van der Waals surface area contributed by atoms with Gasteiger partial charge < -0.3 is 10.6 Å². The van der Waals surface area contributed by atoms with Crippen LogP contribution in [0, 0.1) is 0 Å². The molecule has 3 rings (SSSR count). The van der Waals surface area contributed by atoms with Crippen LogP contribution in [0.25, 0.3) is 0 Å². The van der Waals surface area contributed by atoms with Crippen LogP contribution in [0.2, 0.25) is 10.0 Å². The van der Waals surface area contributed by atoms with Crippen molar-refractivity contribution in [3.8, 4) is 0 Å². The number of nitrogens with one attached hydrogen (secondary N) is 2. The Balaban J connectivity index is 1.62. The van der Waals surface area contributed by atoms with E-state index in [4.69, 9.17) is 23.2 Å². The van der Waals surface area contributed by atoms with Gasteiger partial charge in [0, 0.05) is 19.6 Å². The highest BCUT2D eigenvalue weighted by molar-refractivity contribution is 6.42. The number of amides is 1. The minimum Gasteiger partial charge on any atom is -0.358 e. The lowest BCUT2D eigenvalue weighted by Gasteiger charge is -2.37. The summed E-state index contributed by atoms with van der Waals surface area (Å²) in [5, 5.41) is 7.11. The third-order valence-corrected chi connectivity index (χ3v) is 4.93. The maximum absolute atomic E-state index is 12.0. The van der Waals surface area contributed by atoms with E-state index in [1.807, 2.05) is 18.2 Å². The van der Waals surface area contributed by atoms with Crippen molar-refractivity contribution in [2.45, 2.75) is 24.9 Å². The number of hydrogen-bond donors (Lipinski definition) is 2. The number of halogens is 2. The van der Waals surface area contributed by atoms with Gasteiger partial charge in [-0.3, -0.25) is 9.69 Å². The third kappa shape index (κ3) is 2.89. The van der Waals surface area contributed by atoms with Crippen LogP contribution in [-0.4, -0.2) is 29.4 Å². The average Bonchev–Trinajstić information content (AvgIpc) is 2.71. The van der Waals surface area contributed by atoms with E-state index in [1.165, 1.54) is 0 Å². The smallest absolute Gasteiger partial charge is 0.251 e. The summed E-state index contributed by atoms with van der Waals surface area (Å²) in [7, 11) is 0. The van der Waals surface area contributed by atoms with E-state index in [9.17, 15) is 4.79 Å². The zero-order valence-corrected chi connectivity index (χ0v) is 13.1. The Morgan fingerprint density at radius 3 is 2.52 bits per heavy atom. The second-order valence-corrected chi connectivity index (χ2v) is 6.48. The number of carbonyl (C=O) groups is 1. The first kappa shape index (κ1) is 14.7. The van der Waals surface area contributed by atoms with Crippen LogP contribution in [-0.2, 0) is 11.3 Å². The lowest BCUT2D eigenvalue weighted by Crippen LogP contribution is -2.54. The number of piperidine rings is 1. The molecule has 21 heavy (non-hydrogen) atoms. The minimum atomic E-state index is -0.467. The van der Waals surface area contributed by atoms with E-state index in [0.29, 0.717) is 15.9 Å². The molecule has 0 saturated carbocycles. The van der Waals surface area contributed by atoms with Gasteiger partial charge in [-0.2, -0.15) is 0 Å². The summed E-state index contributed by atoms with van der Waals surface area (Å²) in [6.07, 6.45) is 1.55. The van der Waals surface area contributed by atoms with E-state index in [-0.39, 0.29) is 5.91 Å². The Morgan fingerprint density at radius 2 is 1.95 bits per heavy atom. The van der Waals surface area contributed by atoms with Crippen LogP contribution in [0.1, 0.15) is 18.4 Å². The summed E-state index contributed by atoms with van der Waals surface area (Å²) in [5.41, 5.74) is 0.666. The topological polar surface area (TPSA) is 44.4 Å². The van der Waals surface area contributed by atoms with Gasteiger partial charge in [0.2, 0.25) is 0 Å². The van der Waals surface area contributed by atoms with Gasteiger partial charge in [0.25, 0.3) is 5.91 Å². The summed E-state index contributed by atoms with van der Waals surface area (Å²) in [5.74, 6) is 0.652. The number of benzene rings is 1. The quantitative estimate of drug-likeness (QED) is 0.878. The van der Waals surface area contributed by atoms with Crippen LogP contribution >= 0.6 is 23.2 Å². The lowest BCUT2D eigenvalue weighted by molar-refractivity contribution is -0.125. The fraction of sp³-hybridized carbons (Fsp3) is 0.400. The first-order valence-electron chi connectivity index (χ1n) is 6.93. The van der Waals surface area contributed by atoms with E-state index in [0.717, 1.165) is 38.0 Å². The fourth-order valence-electron chi connectivity index (χ4n) is 2.97. The maximum atomic E-state index is 12.0. The molecular weight excluding hydrogens is 309 g/mol. The van der Waals surface area contributed by atoms with E-state index >= 15 is 0 Å². The molecule has 1 spiro atoms. The third-order valence-electron chi connectivity index (χ3n) is 4.19. The zero-order valence-electron chi connectivity index (χ0n) is 11.6. The molecule has 1 aromatic rings. The van der Waals surface area contributed by atoms with Crippen LogP contribution in [0.4, 0.5) is 0 Å². The molecular formula is C15H17Cl2N3O. The first-order valence-corrected chi connectivity index (χ1v) is 7.69. The molecule has 2 fully saturated rings. The molecule has 4 nitrogen and oxygen atoms in total. The molecule has 1 aromatic carbocycles. The van der Waals surface area contributed by atoms with Crippen molar-refractivity contribution in [2.24, 2.45) is 0 Å². The summed E-state index contributed by atoms with van der Waals surface area (Å²) >= 11 is 12.0. The molecule has 0 bridgehead atoms. The molecule has 0 aromatic heterocycles. The van der Waals surface area contributed by atoms with Crippen LogP contribution in [0.5, 0.6) is 0 Å². The number of carbonyl (C=O) groups excluding carboxylic acids is 1. The van der Waals surface area contributed by atoms with Gasteiger partial charge in [-0.05, 0) is 30.5 Å². The Labute approximate surface area is 134 Å². The van der Waals surface area contributed by atoms with Crippen LogP contribution < -0.4 is 10.6 Å². The van der Waals surface area contributed by atoms with Crippen LogP contribution in [0.15, 0.2) is 30.6 Å². The highest BCUT2D eigenvalue weighted by Crippen LogP contribution is 2.29. The maximum Gasteiger partial charge on any atom is 0.251 e. The van der Waals surface area contributed by atoms with Crippen molar-refractivity contribution in [1.29, 1.82) is 0 Å². The Bertz CT molecular complexity index is 595. The largest absolute Gasteiger partial charge is 0.358 e. The molecule has 0 unspecified atom stereocenters. The molecule has 0 aliphatic carbocycles. The lowest BCUT2D eigenvalue weighted by atomic mass is 9.87. The molecule has 2 heterocycles. The Kier molecular flexibility index (Phi) is 3.86. The van der Waals surface area contributed by atoms with E-state index in [1.54, 1.807) is 0 Å².